The van der Waals surface area contributed by atoms with Gasteiger partial charge in [-0.05, 0) is 40.6 Å². The van der Waals surface area contributed by atoms with E-state index >= 15 is 0 Å². The Balaban J connectivity index is 1.52. The van der Waals surface area contributed by atoms with Crippen LogP contribution in [0.25, 0.3) is 33.2 Å². The van der Waals surface area contributed by atoms with Crippen molar-refractivity contribution >= 4 is 115 Å². The van der Waals surface area contributed by atoms with E-state index in [0.29, 0.717) is 74.7 Å². The Labute approximate surface area is 295 Å². The summed E-state index contributed by atoms with van der Waals surface area (Å²) in [4.78, 5) is 47.9. The molecule has 2 aromatic heterocycles. The van der Waals surface area contributed by atoms with Crippen molar-refractivity contribution in [1.29, 1.82) is 0 Å². The largest absolute Gasteiger partial charge is 0.394 e. The Morgan fingerprint density at radius 2 is 1.41 bits per heavy atom. The molecule has 0 fully saturated rings. The molecular formula is C30H32N6O4S6. The summed E-state index contributed by atoms with van der Waals surface area (Å²) in [6.07, 6.45) is 0. The van der Waals surface area contributed by atoms with Crippen molar-refractivity contribution in [3.8, 4) is 11.4 Å². The first-order chi connectivity index (χ1) is 22.4. The maximum Gasteiger partial charge on any atom is 0.252 e. The first-order valence-corrected chi connectivity index (χ1v) is 18.9. The van der Waals surface area contributed by atoms with E-state index in [0.717, 1.165) is 0 Å². The fourth-order valence-corrected chi connectivity index (χ4v) is 7.57. The summed E-state index contributed by atoms with van der Waals surface area (Å²) >= 11 is 14.2. The fourth-order valence-electron chi connectivity index (χ4n) is 4.17. The zero-order chi connectivity index (χ0) is 32.9. The zero-order valence-electron chi connectivity index (χ0n) is 24.3. The van der Waals surface area contributed by atoms with E-state index < -0.39 is 6.04 Å². The number of amides is 2. The van der Waals surface area contributed by atoms with Gasteiger partial charge in [0.15, 0.2) is 0 Å². The van der Waals surface area contributed by atoms with Gasteiger partial charge in [0, 0.05) is 41.1 Å². The van der Waals surface area contributed by atoms with E-state index in [4.69, 9.17) is 22.2 Å². The van der Waals surface area contributed by atoms with Crippen molar-refractivity contribution in [3.05, 3.63) is 71.8 Å². The molecule has 0 radical (unpaired) electrons. The second-order valence-electron chi connectivity index (χ2n) is 9.64. The minimum Gasteiger partial charge on any atom is -0.394 e. The van der Waals surface area contributed by atoms with Crippen LogP contribution < -0.4 is 20.1 Å². The number of rotatable bonds is 18. The third-order valence-electron chi connectivity index (χ3n) is 6.47. The Morgan fingerprint density at radius 1 is 0.870 bits per heavy atom. The van der Waals surface area contributed by atoms with Crippen LogP contribution in [0, 0.1) is 0 Å². The van der Waals surface area contributed by atoms with Crippen molar-refractivity contribution in [1.82, 2.24) is 30.0 Å². The predicted molar refractivity (Wildman–Crippen MR) is 202 cm³/mol. The second kappa shape index (κ2) is 18.8. The number of carbonyl (C=O) groups excluding carboxylic acids is 3. The van der Waals surface area contributed by atoms with Crippen molar-refractivity contribution in [2.45, 2.75) is 12.1 Å². The lowest BCUT2D eigenvalue weighted by molar-refractivity contribution is -0.111. The quantitative estimate of drug-likeness (QED) is 0.0260. The Hall–Kier alpha value is -2.41. The lowest BCUT2D eigenvalue weighted by Crippen LogP contribution is -2.33. The van der Waals surface area contributed by atoms with E-state index in [2.05, 4.69) is 45.3 Å². The van der Waals surface area contributed by atoms with E-state index in [1.54, 1.807) is 12.1 Å². The van der Waals surface area contributed by atoms with Crippen molar-refractivity contribution in [3.63, 3.8) is 0 Å². The van der Waals surface area contributed by atoms with Crippen LogP contribution in [0.4, 0.5) is 0 Å². The molecule has 0 saturated heterocycles. The van der Waals surface area contributed by atoms with Crippen LogP contribution in [0.5, 0.6) is 0 Å². The average molecular weight is 733 g/mol. The van der Waals surface area contributed by atoms with Crippen LogP contribution in [-0.2, 0) is 4.79 Å². The van der Waals surface area contributed by atoms with Crippen LogP contribution in [0.2, 0.25) is 0 Å². The topological polar surface area (TPSA) is 145 Å². The summed E-state index contributed by atoms with van der Waals surface area (Å²) in [6, 6.07) is 17.4. The smallest absolute Gasteiger partial charge is 0.252 e. The normalized spacial score (nSPS) is 12.5. The molecule has 0 aliphatic rings. The molecular weight excluding hydrogens is 701 g/mol. The molecule has 4 rings (SSSR count). The fraction of sp³-hybridized carbons (Fsp3) is 0.267. The standard InChI is InChI=1S/C30H32N6O4S6/c37-15-18(16-41)35-46-45-12-10-32-29(39)22-14-26(34-24-8-4-2-6-20(22)24)25-13-21(19-5-1-3-7-23(19)33-25)28(38)31-9-11-44-36-27(17-42)30(40)43/h1-8,13-14,16,18,27,35-37,42H,9-12,15,17H2,(H,31,38)(H,32,39)(H,40,43)/t18-,27+/m1/s1. The average Bonchev–Trinajstić information content (AvgIpc) is 3.08. The predicted octanol–water partition coefficient (Wildman–Crippen LogP) is 4.15. The molecule has 0 bridgehead atoms. The van der Waals surface area contributed by atoms with Gasteiger partial charge in [-0.15, -0.1) is 12.6 Å². The number of thiol groups is 2. The highest BCUT2D eigenvalue weighted by atomic mass is 33.1. The number of carbonyl (C=O) groups is 3. The molecule has 0 unspecified atom stereocenters. The van der Waals surface area contributed by atoms with Gasteiger partial charge in [0.2, 0.25) is 5.12 Å². The lowest BCUT2D eigenvalue weighted by atomic mass is 10.0. The lowest BCUT2D eigenvalue weighted by Gasteiger charge is -2.13. The van der Waals surface area contributed by atoms with Crippen LogP contribution in [0.3, 0.4) is 0 Å². The number of thiocarbonyl (C=S) groups is 1. The highest BCUT2D eigenvalue weighted by Crippen LogP contribution is 2.28. The maximum atomic E-state index is 13.4. The highest BCUT2D eigenvalue weighted by Gasteiger charge is 2.18. The summed E-state index contributed by atoms with van der Waals surface area (Å²) < 4.78 is 6.03. The number of hydrogen-bond acceptors (Lipinski definition) is 13. The molecule has 0 spiro atoms. The van der Waals surface area contributed by atoms with Gasteiger partial charge >= 0.3 is 0 Å². The number of hydrogen-bond donors (Lipinski definition) is 7. The Bertz CT molecular complexity index is 1700. The van der Waals surface area contributed by atoms with Gasteiger partial charge in [-0.25, -0.2) is 14.7 Å². The summed E-state index contributed by atoms with van der Waals surface area (Å²) in [5.41, 5.74) is 3.03. The van der Waals surface area contributed by atoms with E-state index in [-0.39, 0.29) is 29.6 Å². The van der Waals surface area contributed by atoms with Crippen LogP contribution in [0.1, 0.15) is 20.7 Å². The summed E-state index contributed by atoms with van der Waals surface area (Å²) in [6.45, 7) is 0.680. The van der Waals surface area contributed by atoms with Gasteiger partial charge in [0.05, 0.1) is 52.2 Å². The van der Waals surface area contributed by atoms with Crippen LogP contribution >= 0.6 is 71.2 Å². The van der Waals surface area contributed by atoms with Gasteiger partial charge in [-0.1, -0.05) is 71.4 Å². The van der Waals surface area contributed by atoms with Gasteiger partial charge < -0.3 is 15.7 Å². The SMILES string of the molecule is O=C(NCCSN[C@@H](CS)C(=O)S)c1cc(-c2cc(C(=O)NCCSSN[C@@H](C=S)CO)c3ccccc3n2)nc2ccccc12. The Kier molecular flexibility index (Phi) is 14.9. The third-order valence-corrected chi connectivity index (χ3v) is 10.4. The number of aliphatic hydroxyl groups excluding tert-OH is 1. The molecule has 242 valence electrons. The monoisotopic (exact) mass is 732 g/mol. The van der Waals surface area contributed by atoms with E-state index in [1.165, 1.54) is 39.1 Å². The minimum absolute atomic E-state index is 0.0846. The first-order valence-electron chi connectivity index (χ1n) is 14.0. The van der Waals surface area contributed by atoms with E-state index in [1.807, 2.05) is 48.5 Å². The number of fused-ring (bicyclic) bond motifs is 2. The molecule has 0 aliphatic heterocycles. The number of aromatic nitrogens is 2. The molecule has 2 aromatic carbocycles. The second-order valence-corrected chi connectivity index (χ2v) is 13.9. The summed E-state index contributed by atoms with van der Waals surface area (Å²) in [5.74, 6) is 0.919. The maximum absolute atomic E-state index is 13.4. The number of benzene rings is 2. The number of aliphatic hydroxyl groups is 1. The molecule has 5 N–H and O–H groups in total. The molecule has 16 heteroatoms. The van der Waals surface area contributed by atoms with Gasteiger partial charge in [0.25, 0.3) is 11.8 Å². The molecule has 0 saturated carbocycles. The zero-order valence-corrected chi connectivity index (χ0v) is 29.4. The molecule has 4 aromatic rings. The first kappa shape index (κ1) is 36.4. The molecule has 10 nitrogen and oxygen atoms in total. The molecule has 0 aliphatic carbocycles. The van der Waals surface area contributed by atoms with Gasteiger partial charge in [-0.3, -0.25) is 19.1 Å². The molecule has 2 amide bonds. The molecule has 2 atom stereocenters. The summed E-state index contributed by atoms with van der Waals surface area (Å²) in [7, 11) is 2.86. The van der Waals surface area contributed by atoms with Gasteiger partial charge in [-0.2, -0.15) is 12.6 Å². The molecule has 2 heterocycles. The minimum atomic E-state index is -0.484. The van der Waals surface area contributed by atoms with Crippen LogP contribution in [-0.4, -0.2) is 86.4 Å². The number of para-hydroxylation sites is 2. The van der Waals surface area contributed by atoms with Crippen molar-refractivity contribution in [2.24, 2.45) is 0 Å². The molecule has 46 heavy (non-hydrogen) atoms. The summed E-state index contributed by atoms with van der Waals surface area (Å²) in [5, 5.41) is 17.7. The third kappa shape index (κ3) is 10.0. The number of nitrogens with zero attached hydrogens (tertiary/aromatic N) is 2. The highest BCUT2D eigenvalue weighted by molar-refractivity contribution is 8.76. The van der Waals surface area contributed by atoms with E-state index in [9.17, 15) is 19.5 Å². The Morgan fingerprint density at radius 3 is 1.91 bits per heavy atom. The van der Waals surface area contributed by atoms with Crippen molar-refractivity contribution in [2.75, 3.05) is 37.0 Å². The van der Waals surface area contributed by atoms with Crippen molar-refractivity contribution < 1.29 is 19.5 Å². The van der Waals surface area contributed by atoms with Gasteiger partial charge in [0.1, 0.15) is 0 Å². The number of pyridine rings is 2. The van der Waals surface area contributed by atoms with Crippen LogP contribution in [0.15, 0.2) is 60.7 Å². The number of nitrogens with one attached hydrogen (secondary N) is 4.